The minimum absolute atomic E-state index is 0.0516. The quantitative estimate of drug-likeness (QED) is 0.0609. The molecule has 238 valence electrons. The number of hydrogen-bond donors (Lipinski definition) is 3. The van der Waals surface area contributed by atoms with Gasteiger partial charge in [0, 0.05) is 10.8 Å². The van der Waals surface area contributed by atoms with E-state index in [1.54, 1.807) is 24.6 Å². The highest BCUT2D eigenvalue weighted by atomic mass is 32.1. The van der Waals surface area contributed by atoms with Crippen LogP contribution in [0.15, 0.2) is 120 Å². The first-order valence-electron chi connectivity index (χ1n) is 15.4. The molecule has 47 heavy (non-hydrogen) atoms. The minimum Gasteiger partial charge on any atom is -0.439 e. The molecule has 0 radical (unpaired) electrons. The fourth-order valence-corrected chi connectivity index (χ4v) is 6.66. The fraction of sp³-hybridized carbons (Fsp3) is 0.243. The highest BCUT2D eigenvalue weighted by Gasteiger charge is 2.70. The number of carbonyl (C=O) groups is 2. The Morgan fingerprint density at radius 1 is 1.00 bits per heavy atom. The molecule has 1 fully saturated rings. The van der Waals surface area contributed by atoms with Crippen molar-refractivity contribution in [1.29, 1.82) is 0 Å². The van der Waals surface area contributed by atoms with Gasteiger partial charge in [-0.1, -0.05) is 117 Å². The van der Waals surface area contributed by atoms with Crippen LogP contribution in [0.4, 0.5) is 5.13 Å². The molecule has 6 rings (SSSR count). The van der Waals surface area contributed by atoms with Crippen LogP contribution in [0.1, 0.15) is 50.1 Å². The Kier molecular flexibility index (Phi) is 8.64. The third kappa shape index (κ3) is 6.13. The van der Waals surface area contributed by atoms with Crippen molar-refractivity contribution in [2.24, 2.45) is 10.6 Å². The van der Waals surface area contributed by atoms with E-state index in [4.69, 9.17) is 14.6 Å². The van der Waals surface area contributed by atoms with Gasteiger partial charge < -0.3 is 20.2 Å². The van der Waals surface area contributed by atoms with Crippen molar-refractivity contribution in [1.82, 2.24) is 15.6 Å². The van der Waals surface area contributed by atoms with Gasteiger partial charge in [0.15, 0.2) is 16.9 Å². The van der Waals surface area contributed by atoms with Gasteiger partial charge in [-0.15, -0.1) is 11.3 Å². The number of thiazole rings is 1. The molecule has 1 saturated heterocycles. The molecule has 10 heteroatoms. The van der Waals surface area contributed by atoms with E-state index in [1.807, 2.05) is 75.4 Å². The molecule has 0 spiro atoms. The van der Waals surface area contributed by atoms with E-state index < -0.39 is 28.6 Å². The number of hydrogen-bond acceptors (Lipinski definition) is 9. The zero-order chi connectivity index (χ0) is 33.1. The smallest absolute Gasteiger partial charge is 0.356 e. The summed E-state index contributed by atoms with van der Waals surface area (Å²) in [7, 11) is 0. The van der Waals surface area contributed by atoms with Crippen LogP contribution in [0.25, 0.3) is 0 Å². The molecule has 3 heterocycles. The first-order chi connectivity index (χ1) is 22.6. The second kappa shape index (κ2) is 12.8. The average molecular weight is 647 g/mol. The van der Waals surface area contributed by atoms with E-state index >= 15 is 0 Å². The largest absolute Gasteiger partial charge is 0.439 e. The van der Waals surface area contributed by atoms with Crippen LogP contribution in [-0.2, 0) is 24.7 Å². The number of oxime groups is 1. The number of anilines is 1. The second-order valence-electron chi connectivity index (χ2n) is 12.3. The van der Waals surface area contributed by atoms with Crippen LogP contribution in [-0.4, -0.2) is 40.8 Å². The summed E-state index contributed by atoms with van der Waals surface area (Å²) in [5.41, 5.74) is 1.26. The summed E-state index contributed by atoms with van der Waals surface area (Å²) in [5.74, 6) is -0.895. The number of dihydropyridines is 1. The zero-order valence-corrected chi connectivity index (χ0v) is 27.4. The minimum atomic E-state index is -1.17. The van der Waals surface area contributed by atoms with Crippen molar-refractivity contribution in [3.05, 3.63) is 143 Å². The van der Waals surface area contributed by atoms with Crippen LogP contribution in [0.3, 0.4) is 0 Å². The Balaban J connectivity index is 1.39. The van der Waals surface area contributed by atoms with E-state index in [9.17, 15) is 9.59 Å². The number of amides is 1. The van der Waals surface area contributed by atoms with Crippen LogP contribution < -0.4 is 16.0 Å². The number of allylic oxidation sites excluding steroid dienone is 1. The standard InChI is InChI=1S/C37H35N5O4S/c1-25(37(33(44)45-37)35(2,3)4)46-42-31(32(43)39-29-20-22-38-23-21-29)30-24-47-34(40-30)41-36(26-14-8-5-9-15-26,27-16-10-6-11-17-27)28-18-12-7-13-19-28/h5-20,23-25,38H,22H2,1-4H3,(H-,39,40,41,43)/p+1. The van der Waals surface area contributed by atoms with Gasteiger partial charge in [0.25, 0.3) is 17.2 Å². The Morgan fingerprint density at radius 2 is 1.55 bits per heavy atom. The third-order valence-electron chi connectivity index (χ3n) is 8.38. The molecule has 0 bridgehead atoms. The van der Waals surface area contributed by atoms with Gasteiger partial charge in [0.05, 0.1) is 6.08 Å². The normalized spacial score (nSPS) is 18.2. The topological polar surface area (TPSA) is 117 Å². The highest BCUT2D eigenvalue weighted by molar-refractivity contribution is 7.14. The Hall–Kier alpha value is -5.31. The Bertz CT molecular complexity index is 1730. The maximum atomic E-state index is 13.7. The first kappa shape index (κ1) is 31.7. The van der Waals surface area contributed by atoms with E-state index in [0.29, 0.717) is 23.1 Å². The number of benzene rings is 3. The summed E-state index contributed by atoms with van der Waals surface area (Å²) in [6.45, 7) is 7.96. The predicted octanol–water partition coefficient (Wildman–Crippen LogP) is 5.92. The summed E-state index contributed by atoms with van der Waals surface area (Å²) in [5, 5.41) is 16.2. The van der Waals surface area contributed by atoms with E-state index in [2.05, 4.69) is 63.6 Å². The summed E-state index contributed by atoms with van der Waals surface area (Å²) in [4.78, 5) is 36.9. The molecular formula is C37H36N5O4S+. The van der Waals surface area contributed by atoms with Gasteiger partial charge in [-0.3, -0.25) is 10.1 Å². The summed E-state index contributed by atoms with van der Waals surface area (Å²) < 4.78 is 5.45. The van der Waals surface area contributed by atoms with Crippen molar-refractivity contribution < 1.29 is 19.2 Å². The summed E-state index contributed by atoms with van der Waals surface area (Å²) in [6, 6.07) is 30.5. The van der Waals surface area contributed by atoms with Gasteiger partial charge in [-0.2, -0.15) is 0 Å². The molecule has 1 amide bonds. The molecule has 2 aliphatic rings. The number of ether oxygens (including phenoxy) is 1. The Morgan fingerprint density at radius 3 is 2.02 bits per heavy atom. The van der Waals surface area contributed by atoms with Crippen LogP contribution in [0, 0.1) is 11.5 Å². The number of cyclic esters (lactones) is 1. The third-order valence-corrected chi connectivity index (χ3v) is 9.14. The number of carbonyl (C=O) groups excluding carboxylic acids is 2. The monoisotopic (exact) mass is 646 g/mol. The average Bonchev–Trinajstić information content (AvgIpc) is 3.60. The molecule has 3 aromatic carbocycles. The molecule has 1 aromatic heterocycles. The molecule has 2 aliphatic heterocycles. The number of nitrogens with one attached hydrogen (secondary N) is 3. The van der Waals surface area contributed by atoms with Crippen molar-refractivity contribution >= 4 is 34.1 Å². The number of aromatic nitrogens is 1. The van der Waals surface area contributed by atoms with Crippen LogP contribution in [0.2, 0.25) is 0 Å². The van der Waals surface area contributed by atoms with Gasteiger partial charge in [-0.25, -0.2) is 9.78 Å². The lowest BCUT2D eigenvalue weighted by Crippen LogP contribution is -2.42. The Labute approximate surface area is 278 Å². The second-order valence-corrected chi connectivity index (χ2v) is 13.2. The summed E-state index contributed by atoms with van der Waals surface area (Å²) in [6.07, 6.45) is 5.64. The van der Waals surface area contributed by atoms with Crippen molar-refractivity contribution in [3.63, 3.8) is 0 Å². The lowest BCUT2D eigenvalue weighted by Gasteiger charge is -2.36. The maximum Gasteiger partial charge on any atom is 0.356 e. The number of nitrogens with zero attached hydrogens (tertiary/aromatic N) is 2. The van der Waals surface area contributed by atoms with Crippen LogP contribution >= 0.6 is 11.3 Å². The van der Waals surface area contributed by atoms with Crippen molar-refractivity contribution in [2.75, 3.05) is 11.9 Å². The highest BCUT2D eigenvalue weighted by Crippen LogP contribution is 2.49. The van der Waals surface area contributed by atoms with E-state index in [1.165, 1.54) is 11.3 Å². The van der Waals surface area contributed by atoms with Crippen LogP contribution in [0.5, 0.6) is 0 Å². The van der Waals surface area contributed by atoms with Gasteiger partial charge in [-0.05, 0) is 23.6 Å². The molecular weight excluding hydrogens is 611 g/mol. The SMILES string of the molecule is CC(ON=C(C(=O)NC1=CCNC=[C+]1)c1csc(NC(c2ccccc2)(c2ccccc2)c2ccccc2)n1)C1(C(C)(C)C)OC1=O. The first-order valence-corrected chi connectivity index (χ1v) is 16.2. The molecule has 3 N–H and O–H groups in total. The maximum absolute atomic E-state index is 13.7. The van der Waals surface area contributed by atoms with Crippen molar-refractivity contribution in [3.8, 4) is 0 Å². The van der Waals surface area contributed by atoms with E-state index in [-0.39, 0.29) is 11.7 Å². The fourth-order valence-electron chi connectivity index (χ4n) is 5.91. The van der Waals surface area contributed by atoms with Gasteiger partial charge in [0.2, 0.25) is 0 Å². The van der Waals surface area contributed by atoms with Gasteiger partial charge in [0.1, 0.15) is 30.1 Å². The molecule has 2 unspecified atom stereocenters. The molecule has 9 nitrogen and oxygen atoms in total. The molecule has 2 atom stereocenters. The zero-order valence-electron chi connectivity index (χ0n) is 26.6. The van der Waals surface area contributed by atoms with Crippen molar-refractivity contribution in [2.45, 2.75) is 44.9 Å². The molecule has 4 aromatic rings. The molecule has 0 saturated carbocycles. The lowest BCUT2D eigenvalue weighted by molar-refractivity contribution is -0.118. The summed E-state index contributed by atoms with van der Waals surface area (Å²) >= 11 is 1.35. The predicted molar refractivity (Wildman–Crippen MR) is 182 cm³/mol. The van der Waals surface area contributed by atoms with Gasteiger partial charge >= 0.3 is 5.97 Å². The lowest BCUT2D eigenvalue weighted by atomic mass is 9.77. The van der Waals surface area contributed by atoms with E-state index in [0.717, 1.165) is 16.7 Å². The molecule has 0 aliphatic carbocycles. The number of rotatable bonds is 11. The number of epoxide rings is 1.